The molecule has 1 unspecified atom stereocenters. The predicted molar refractivity (Wildman–Crippen MR) is 76.8 cm³/mol. The molecule has 0 aliphatic rings. The van der Waals surface area contributed by atoms with E-state index >= 15 is 0 Å². The third-order valence-corrected chi connectivity index (χ3v) is 3.00. The highest BCUT2D eigenvalue weighted by molar-refractivity contribution is 5.78. The summed E-state index contributed by atoms with van der Waals surface area (Å²) in [6.07, 6.45) is 4.12. The summed E-state index contributed by atoms with van der Waals surface area (Å²) in [5.74, 6) is 0.0482. The van der Waals surface area contributed by atoms with Crippen LogP contribution >= 0.6 is 0 Å². The molecule has 3 nitrogen and oxygen atoms in total. The molecular formula is C15H24N2O. The van der Waals surface area contributed by atoms with E-state index in [1.54, 1.807) is 7.05 Å². The number of amides is 1. The van der Waals surface area contributed by atoms with Gasteiger partial charge in [-0.25, -0.2) is 0 Å². The lowest BCUT2D eigenvalue weighted by molar-refractivity contribution is -0.119. The molecule has 0 aromatic heterocycles. The Labute approximate surface area is 110 Å². The molecule has 0 fully saturated rings. The Bertz CT molecular complexity index is 359. The minimum Gasteiger partial charge on any atom is -0.383 e. The summed E-state index contributed by atoms with van der Waals surface area (Å²) in [6.45, 7) is 4.41. The van der Waals surface area contributed by atoms with Crippen molar-refractivity contribution in [3.05, 3.63) is 29.8 Å². The average Bonchev–Trinajstić information content (AvgIpc) is 2.38. The van der Waals surface area contributed by atoms with Crippen LogP contribution in [0.4, 0.5) is 5.69 Å². The third-order valence-electron chi connectivity index (χ3n) is 3.00. The summed E-state index contributed by atoms with van der Waals surface area (Å²) in [5, 5.41) is 6.10. The fourth-order valence-electron chi connectivity index (χ4n) is 1.86. The van der Waals surface area contributed by atoms with Crippen LogP contribution in [-0.2, 0) is 11.2 Å². The number of hydrogen-bond donors (Lipinski definition) is 2. The van der Waals surface area contributed by atoms with Gasteiger partial charge in [-0.3, -0.25) is 4.79 Å². The highest BCUT2D eigenvalue weighted by Gasteiger charge is 2.03. The van der Waals surface area contributed by atoms with Crippen LogP contribution in [0, 0.1) is 0 Å². The first kappa shape index (κ1) is 14.6. The second kappa shape index (κ2) is 7.75. The molecule has 2 N–H and O–H groups in total. The van der Waals surface area contributed by atoms with Gasteiger partial charge < -0.3 is 10.6 Å². The van der Waals surface area contributed by atoms with E-state index in [4.69, 9.17) is 0 Å². The zero-order valence-electron chi connectivity index (χ0n) is 11.6. The van der Waals surface area contributed by atoms with Crippen molar-refractivity contribution in [3.8, 4) is 0 Å². The van der Waals surface area contributed by atoms with Crippen LogP contribution in [0.1, 0.15) is 38.7 Å². The molecule has 3 heteroatoms. The van der Waals surface area contributed by atoms with Crippen LogP contribution in [0.2, 0.25) is 0 Å². The lowest BCUT2D eigenvalue weighted by Crippen LogP contribution is -2.20. The van der Waals surface area contributed by atoms with Gasteiger partial charge in [0.05, 0.1) is 6.42 Å². The van der Waals surface area contributed by atoms with Gasteiger partial charge in [0.15, 0.2) is 0 Å². The van der Waals surface area contributed by atoms with Crippen molar-refractivity contribution in [3.63, 3.8) is 0 Å². The average molecular weight is 248 g/mol. The number of hydrogen-bond acceptors (Lipinski definition) is 2. The first-order valence-corrected chi connectivity index (χ1v) is 6.71. The Morgan fingerprint density at radius 1 is 1.28 bits per heavy atom. The normalized spacial score (nSPS) is 11.9. The molecule has 0 aliphatic heterocycles. The lowest BCUT2D eigenvalue weighted by atomic mass is 10.1. The van der Waals surface area contributed by atoms with Crippen molar-refractivity contribution in [1.82, 2.24) is 5.32 Å². The third kappa shape index (κ3) is 5.21. The lowest BCUT2D eigenvalue weighted by Gasteiger charge is -2.15. The molecule has 0 aliphatic carbocycles. The quantitative estimate of drug-likeness (QED) is 0.779. The fraction of sp³-hybridized carbons (Fsp3) is 0.533. The number of rotatable bonds is 7. The maximum Gasteiger partial charge on any atom is 0.224 e. The first-order chi connectivity index (χ1) is 8.65. The number of carbonyl (C=O) groups excluding carboxylic acids is 1. The maximum atomic E-state index is 11.2. The van der Waals surface area contributed by atoms with E-state index in [0.29, 0.717) is 12.5 Å². The maximum absolute atomic E-state index is 11.2. The van der Waals surface area contributed by atoms with Gasteiger partial charge in [-0.1, -0.05) is 31.9 Å². The molecule has 0 saturated carbocycles. The van der Waals surface area contributed by atoms with Crippen LogP contribution < -0.4 is 10.6 Å². The van der Waals surface area contributed by atoms with Gasteiger partial charge in [-0.2, -0.15) is 0 Å². The van der Waals surface area contributed by atoms with E-state index in [9.17, 15) is 4.79 Å². The molecule has 0 heterocycles. The summed E-state index contributed by atoms with van der Waals surface area (Å²) < 4.78 is 0. The van der Waals surface area contributed by atoms with Crippen LogP contribution in [0.25, 0.3) is 0 Å². The standard InChI is InChI=1S/C15H24N2O/c1-4-5-6-12(2)17-14-9-7-13(8-10-14)11-15(18)16-3/h7-10,12,17H,4-6,11H2,1-3H3,(H,16,18). The molecule has 18 heavy (non-hydrogen) atoms. The van der Waals surface area contributed by atoms with Crippen molar-refractivity contribution < 1.29 is 4.79 Å². The first-order valence-electron chi connectivity index (χ1n) is 6.71. The molecule has 1 atom stereocenters. The largest absolute Gasteiger partial charge is 0.383 e. The van der Waals surface area contributed by atoms with Crippen LogP contribution in [0.15, 0.2) is 24.3 Å². The number of anilines is 1. The highest BCUT2D eigenvalue weighted by Crippen LogP contribution is 2.13. The van der Waals surface area contributed by atoms with Gasteiger partial charge in [0.25, 0.3) is 0 Å². The molecule has 100 valence electrons. The summed E-state index contributed by atoms with van der Waals surface area (Å²) in [6, 6.07) is 8.59. The molecule has 0 saturated heterocycles. The molecule has 0 spiro atoms. The number of unbranched alkanes of at least 4 members (excludes halogenated alkanes) is 1. The van der Waals surface area contributed by atoms with Crippen molar-refractivity contribution in [2.45, 2.75) is 45.6 Å². The van der Waals surface area contributed by atoms with Crippen LogP contribution in [-0.4, -0.2) is 19.0 Å². The molecule has 0 bridgehead atoms. The van der Waals surface area contributed by atoms with Crippen molar-refractivity contribution in [2.24, 2.45) is 0 Å². The Balaban J connectivity index is 2.47. The molecule has 1 rings (SSSR count). The van der Waals surface area contributed by atoms with Crippen molar-refractivity contribution >= 4 is 11.6 Å². The SMILES string of the molecule is CCCCC(C)Nc1ccc(CC(=O)NC)cc1. The Morgan fingerprint density at radius 3 is 2.50 bits per heavy atom. The monoisotopic (exact) mass is 248 g/mol. The van der Waals surface area contributed by atoms with Gasteiger partial charge >= 0.3 is 0 Å². The molecule has 1 aromatic carbocycles. The van der Waals surface area contributed by atoms with Gasteiger partial charge in [0.1, 0.15) is 0 Å². The van der Waals surface area contributed by atoms with E-state index in [-0.39, 0.29) is 5.91 Å². The smallest absolute Gasteiger partial charge is 0.224 e. The van der Waals surface area contributed by atoms with E-state index in [1.165, 1.54) is 19.3 Å². The second-order valence-corrected chi connectivity index (χ2v) is 4.73. The van der Waals surface area contributed by atoms with Gasteiger partial charge in [0, 0.05) is 18.8 Å². The molecule has 1 aromatic rings. The molecule has 1 amide bonds. The minimum atomic E-state index is 0.0482. The van der Waals surface area contributed by atoms with E-state index in [0.717, 1.165) is 11.3 Å². The van der Waals surface area contributed by atoms with Crippen LogP contribution in [0.3, 0.4) is 0 Å². The zero-order chi connectivity index (χ0) is 13.4. The fourth-order valence-corrected chi connectivity index (χ4v) is 1.86. The molecular weight excluding hydrogens is 224 g/mol. The van der Waals surface area contributed by atoms with Crippen LogP contribution in [0.5, 0.6) is 0 Å². The number of likely N-dealkylation sites (N-methyl/N-ethyl adjacent to an activating group) is 1. The zero-order valence-corrected chi connectivity index (χ0v) is 11.6. The van der Waals surface area contributed by atoms with Gasteiger partial charge in [-0.05, 0) is 31.0 Å². The number of benzene rings is 1. The topological polar surface area (TPSA) is 41.1 Å². The number of carbonyl (C=O) groups is 1. The predicted octanol–water partition coefficient (Wildman–Crippen LogP) is 2.97. The summed E-state index contributed by atoms with van der Waals surface area (Å²) in [7, 11) is 1.66. The summed E-state index contributed by atoms with van der Waals surface area (Å²) >= 11 is 0. The van der Waals surface area contributed by atoms with Crippen molar-refractivity contribution in [1.29, 1.82) is 0 Å². The Kier molecular flexibility index (Phi) is 6.26. The van der Waals surface area contributed by atoms with Gasteiger partial charge in [0.2, 0.25) is 5.91 Å². The van der Waals surface area contributed by atoms with Gasteiger partial charge in [-0.15, -0.1) is 0 Å². The Hall–Kier alpha value is -1.51. The number of nitrogens with one attached hydrogen (secondary N) is 2. The second-order valence-electron chi connectivity index (χ2n) is 4.73. The van der Waals surface area contributed by atoms with E-state index in [1.807, 2.05) is 24.3 Å². The van der Waals surface area contributed by atoms with E-state index in [2.05, 4.69) is 24.5 Å². The summed E-state index contributed by atoms with van der Waals surface area (Å²) in [5.41, 5.74) is 2.17. The van der Waals surface area contributed by atoms with E-state index < -0.39 is 0 Å². The molecule has 0 radical (unpaired) electrons. The summed E-state index contributed by atoms with van der Waals surface area (Å²) in [4.78, 5) is 11.2. The minimum absolute atomic E-state index is 0.0482. The van der Waals surface area contributed by atoms with Crippen molar-refractivity contribution in [2.75, 3.05) is 12.4 Å². The Morgan fingerprint density at radius 2 is 1.94 bits per heavy atom. The highest BCUT2D eigenvalue weighted by atomic mass is 16.1.